The number of benzene rings is 2. The van der Waals surface area contributed by atoms with Crippen LogP contribution in [0.2, 0.25) is 0 Å². The van der Waals surface area contributed by atoms with Crippen LogP contribution in [0.25, 0.3) is 6.08 Å². The highest BCUT2D eigenvalue weighted by molar-refractivity contribution is 5.87. The number of phenols is 2. The molecule has 55 heavy (non-hydrogen) atoms. The maximum Gasteiger partial charge on any atom is 0.330 e. The fraction of sp³-hybridized carbons (Fsp3) is 0.583. The predicted molar refractivity (Wildman–Crippen MR) is 183 cm³/mol. The van der Waals surface area contributed by atoms with Crippen molar-refractivity contribution in [2.24, 2.45) is 0 Å². The van der Waals surface area contributed by atoms with Crippen molar-refractivity contribution in [3.8, 4) is 23.0 Å². The molecule has 0 aromatic heterocycles. The third kappa shape index (κ3) is 10.2. The molecule has 2 aromatic carbocycles. The average molecular weight is 785 g/mol. The zero-order valence-corrected chi connectivity index (χ0v) is 30.1. The number of methoxy groups -OCH3 is 2. The lowest BCUT2D eigenvalue weighted by atomic mass is 9.96. The van der Waals surface area contributed by atoms with Crippen LogP contribution in [0.5, 0.6) is 23.0 Å². The van der Waals surface area contributed by atoms with Crippen molar-refractivity contribution in [2.45, 2.75) is 99.4 Å². The average Bonchev–Trinajstić information content (AvgIpc) is 3.17. The number of carbonyl (C=O) groups is 1. The molecule has 19 nitrogen and oxygen atoms in total. The molecule has 3 heterocycles. The van der Waals surface area contributed by atoms with E-state index >= 15 is 0 Å². The third-order valence-electron chi connectivity index (χ3n) is 9.38. The SMILES string of the molecule is COc1cc(/C=C/C(=O)OC[C@H]2O[C@@H](OCCc3ccc(O)c(OC)c3)[C@H](O)[C@@H](O[C@@H]3O[C@@H](C)[C@H](O)[C@@H](O)[C@H]3O)[C@@H]2O[C@@H]2OC[C@H](O)[C@H](O)[C@H]2O)ccc1O. The minimum Gasteiger partial charge on any atom is -0.504 e. The Morgan fingerprint density at radius 1 is 0.764 bits per heavy atom. The van der Waals surface area contributed by atoms with Gasteiger partial charge in [0.1, 0.15) is 67.6 Å². The standard InChI is InChI=1S/C36H48O19/c1-16-26(41)28(43)30(45)36(52-16)55-33-31(46)35(49-11-10-18-5-8-20(38)23(13-18)48-3)53-24(32(33)54-34-29(44)27(42)21(39)14-51-34)15-50-25(40)9-6-17-4-7-19(37)22(12-17)47-2/h4-9,12-13,16,21,24,26-39,41-46H,10-11,14-15H2,1-3H3/b9-6+/t16-,21-,24+,26-,27-,28+,29+,30+,31+,32+,33+,34-,35+,36-/m0/s1. The number of hydrogen-bond donors (Lipinski definition) is 9. The van der Waals surface area contributed by atoms with E-state index < -0.39 is 105 Å². The summed E-state index contributed by atoms with van der Waals surface area (Å²) in [6.45, 7) is 0.265. The van der Waals surface area contributed by atoms with Crippen molar-refractivity contribution in [3.05, 3.63) is 53.6 Å². The molecule has 19 heteroatoms. The zero-order chi connectivity index (χ0) is 40.0. The fourth-order valence-corrected chi connectivity index (χ4v) is 6.17. The summed E-state index contributed by atoms with van der Waals surface area (Å²) in [6, 6.07) is 9.02. The van der Waals surface area contributed by atoms with E-state index in [4.69, 9.17) is 42.6 Å². The van der Waals surface area contributed by atoms with Crippen molar-refractivity contribution in [1.82, 2.24) is 0 Å². The molecule has 0 spiro atoms. The highest BCUT2D eigenvalue weighted by Crippen LogP contribution is 2.34. The van der Waals surface area contributed by atoms with Gasteiger partial charge in [0.2, 0.25) is 0 Å². The smallest absolute Gasteiger partial charge is 0.330 e. The van der Waals surface area contributed by atoms with E-state index in [1.54, 1.807) is 12.1 Å². The van der Waals surface area contributed by atoms with Crippen LogP contribution in [-0.4, -0.2) is 172 Å². The lowest BCUT2D eigenvalue weighted by Crippen LogP contribution is -2.66. The van der Waals surface area contributed by atoms with E-state index in [-0.39, 0.29) is 36.0 Å². The Bertz CT molecular complexity index is 1590. The van der Waals surface area contributed by atoms with Gasteiger partial charge in [-0.2, -0.15) is 0 Å². The quantitative estimate of drug-likeness (QED) is 0.0744. The summed E-state index contributed by atoms with van der Waals surface area (Å²) in [7, 11) is 2.75. The molecule has 3 fully saturated rings. The Hall–Kier alpha value is -3.67. The van der Waals surface area contributed by atoms with Crippen LogP contribution in [0.4, 0.5) is 0 Å². The third-order valence-corrected chi connectivity index (χ3v) is 9.38. The van der Waals surface area contributed by atoms with E-state index in [0.29, 0.717) is 11.1 Å². The van der Waals surface area contributed by atoms with Crippen LogP contribution < -0.4 is 9.47 Å². The highest BCUT2D eigenvalue weighted by atomic mass is 16.8. The van der Waals surface area contributed by atoms with Gasteiger partial charge in [0.25, 0.3) is 0 Å². The van der Waals surface area contributed by atoms with Gasteiger partial charge in [0.05, 0.1) is 33.5 Å². The normalized spacial score (nSPS) is 35.4. The van der Waals surface area contributed by atoms with Gasteiger partial charge in [-0.05, 0) is 54.8 Å². The van der Waals surface area contributed by atoms with Gasteiger partial charge < -0.3 is 88.6 Å². The van der Waals surface area contributed by atoms with Crippen molar-refractivity contribution in [1.29, 1.82) is 0 Å². The molecule has 14 atom stereocenters. The fourth-order valence-electron chi connectivity index (χ4n) is 6.17. The van der Waals surface area contributed by atoms with Crippen molar-refractivity contribution < 1.29 is 93.4 Å². The molecule has 0 bridgehead atoms. The Balaban J connectivity index is 1.41. The summed E-state index contributed by atoms with van der Waals surface area (Å²) in [5.74, 6) is -0.674. The number of ether oxygens (including phenoxy) is 9. The number of rotatable bonds is 14. The van der Waals surface area contributed by atoms with E-state index in [2.05, 4.69) is 0 Å². The Morgan fingerprint density at radius 3 is 2.13 bits per heavy atom. The maximum absolute atomic E-state index is 12.9. The highest BCUT2D eigenvalue weighted by Gasteiger charge is 2.53. The summed E-state index contributed by atoms with van der Waals surface area (Å²) in [5, 5.41) is 94.1. The molecule has 5 rings (SSSR count). The lowest BCUT2D eigenvalue weighted by molar-refractivity contribution is -0.380. The Labute approximate surface area is 315 Å². The molecule has 0 saturated carbocycles. The van der Waals surface area contributed by atoms with E-state index in [0.717, 1.165) is 6.08 Å². The van der Waals surface area contributed by atoms with Crippen LogP contribution in [0.1, 0.15) is 18.1 Å². The minimum atomic E-state index is -1.83. The number of aromatic hydroxyl groups is 2. The number of hydrogen-bond acceptors (Lipinski definition) is 19. The van der Waals surface area contributed by atoms with E-state index in [1.807, 2.05) is 0 Å². The molecule has 0 aliphatic carbocycles. The van der Waals surface area contributed by atoms with Gasteiger partial charge >= 0.3 is 5.97 Å². The Morgan fingerprint density at radius 2 is 1.42 bits per heavy atom. The van der Waals surface area contributed by atoms with Crippen LogP contribution in [0.3, 0.4) is 0 Å². The van der Waals surface area contributed by atoms with Gasteiger partial charge in [0.15, 0.2) is 41.9 Å². The minimum absolute atomic E-state index is 0.0765. The first-order chi connectivity index (χ1) is 26.2. The van der Waals surface area contributed by atoms with Crippen LogP contribution in [-0.2, 0) is 44.4 Å². The topological polar surface area (TPSA) is 282 Å². The van der Waals surface area contributed by atoms with Gasteiger partial charge in [-0.3, -0.25) is 0 Å². The number of aliphatic hydroxyl groups is 7. The van der Waals surface area contributed by atoms with Crippen LogP contribution >= 0.6 is 0 Å². The lowest BCUT2D eigenvalue weighted by Gasteiger charge is -2.48. The summed E-state index contributed by atoms with van der Waals surface area (Å²) < 4.78 is 50.9. The first-order valence-corrected chi connectivity index (χ1v) is 17.4. The number of carbonyl (C=O) groups excluding carboxylic acids is 1. The first-order valence-electron chi connectivity index (χ1n) is 17.4. The molecular formula is C36H48O19. The van der Waals surface area contributed by atoms with Crippen LogP contribution in [0, 0.1) is 0 Å². The number of phenolic OH excluding ortho intramolecular Hbond substituents is 2. The van der Waals surface area contributed by atoms with E-state index in [1.165, 1.54) is 51.5 Å². The first kappa shape index (κ1) is 42.5. The summed E-state index contributed by atoms with van der Waals surface area (Å²) >= 11 is 0. The Kier molecular flexibility index (Phi) is 14.7. The summed E-state index contributed by atoms with van der Waals surface area (Å²) in [4.78, 5) is 12.9. The molecule has 0 unspecified atom stereocenters. The molecule has 3 aliphatic heterocycles. The molecule has 2 aromatic rings. The number of aliphatic hydroxyl groups excluding tert-OH is 7. The second kappa shape index (κ2) is 19.0. The van der Waals surface area contributed by atoms with Gasteiger partial charge in [-0.15, -0.1) is 0 Å². The molecule has 0 amide bonds. The van der Waals surface area contributed by atoms with Crippen molar-refractivity contribution >= 4 is 12.0 Å². The molecular weight excluding hydrogens is 736 g/mol. The molecule has 0 radical (unpaired) electrons. The van der Waals surface area contributed by atoms with Crippen molar-refractivity contribution in [3.63, 3.8) is 0 Å². The van der Waals surface area contributed by atoms with Crippen molar-refractivity contribution in [2.75, 3.05) is 34.0 Å². The molecule has 3 aliphatic rings. The largest absolute Gasteiger partial charge is 0.504 e. The molecule has 3 saturated heterocycles. The van der Waals surface area contributed by atoms with Gasteiger partial charge in [-0.25, -0.2) is 4.79 Å². The summed E-state index contributed by atoms with van der Waals surface area (Å²) in [6.07, 6.45) is -19.6. The molecule has 306 valence electrons. The second-order valence-electron chi connectivity index (χ2n) is 13.2. The number of esters is 1. The van der Waals surface area contributed by atoms with Crippen LogP contribution in [0.15, 0.2) is 42.5 Å². The van der Waals surface area contributed by atoms with Gasteiger partial charge in [-0.1, -0.05) is 12.1 Å². The molecule has 9 N–H and O–H groups in total. The maximum atomic E-state index is 12.9. The monoisotopic (exact) mass is 784 g/mol. The van der Waals surface area contributed by atoms with E-state index in [9.17, 15) is 50.8 Å². The summed E-state index contributed by atoms with van der Waals surface area (Å²) in [5.41, 5.74) is 1.16. The predicted octanol–water partition coefficient (Wildman–Crippen LogP) is -1.95. The second-order valence-corrected chi connectivity index (χ2v) is 13.2. The van der Waals surface area contributed by atoms with Gasteiger partial charge in [0, 0.05) is 6.08 Å². The zero-order valence-electron chi connectivity index (χ0n) is 30.1.